The Kier molecular flexibility index (Phi) is 5.11. The summed E-state index contributed by atoms with van der Waals surface area (Å²) in [5, 5.41) is 6.77. The number of nitrogens with zero attached hydrogens (tertiary/aromatic N) is 1. The van der Waals surface area contributed by atoms with Gasteiger partial charge in [-0.2, -0.15) is 11.8 Å². The molecule has 1 rings (SSSR count). The lowest BCUT2D eigenvalue weighted by atomic mass is 10.1. The van der Waals surface area contributed by atoms with Crippen LogP contribution in [0.4, 0.5) is 4.79 Å². The molecule has 17 heavy (non-hydrogen) atoms. The lowest BCUT2D eigenvalue weighted by molar-refractivity contribution is 0.0516. The van der Waals surface area contributed by atoms with Gasteiger partial charge in [0.15, 0.2) is 0 Å². The average Bonchev–Trinajstić information content (AvgIpc) is 2.18. The first-order chi connectivity index (χ1) is 7.92. The van der Waals surface area contributed by atoms with Gasteiger partial charge in [-0.1, -0.05) is 5.16 Å². The third-order valence-corrected chi connectivity index (χ3v) is 3.13. The lowest BCUT2D eigenvalue weighted by Gasteiger charge is -2.26. The molecule has 6 heteroatoms. The number of thioether (sulfide) groups is 1. The highest BCUT2D eigenvalue weighted by molar-refractivity contribution is 8.00. The molecule has 1 N–H and O–H groups in total. The fraction of sp³-hybridized carbons (Fsp3) is 0.818. The van der Waals surface area contributed by atoms with Crippen LogP contribution in [0.3, 0.4) is 0 Å². The molecule has 5 nitrogen and oxygen atoms in total. The number of hydrogen-bond acceptors (Lipinski definition) is 5. The Labute approximate surface area is 106 Å². The molecule has 0 radical (unpaired) electrons. The smallest absolute Gasteiger partial charge is 0.408 e. The molecule has 0 saturated carbocycles. The quantitative estimate of drug-likeness (QED) is 0.772. The number of rotatable bonds is 2. The van der Waals surface area contributed by atoms with Crippen LogP contribution in [0.15, 0.2) is 5.16 Å². The van der Waals surface area contributed by atoms with Gasteiger partial charge in [0.05, 0.1) is 11.8 Å². The van der Waals surface area contributed by atoms with Crippen LogP contribution in [0, 0.1) is 0 Å². The normalized spacial score (nSPS) is 23.3. The SMILES string of the molecule is CO/N=C1\CSCCC1NC(=O)OC(C)(C)C. The Morgan fingerprint density at radius 3 is 2.82 bits per heavy atom. The lowest BCUT2D eigenvalue weighted by Crippen LogP contribution is -2.46. The number of amides is 1. The number of ether oxygens (including phenoxy) is 1. The van der Waals surface area contributed by atoms with Gasteiger partial charge in [0.25, 0.3) is 0 Å². The van der Waals surface area contributed by atoms with Crippen molar-refractivity contribution in [3.05, 3.63) is 0 Å². The molecule has 1 heterocycles. The predicted molar refractivity (Wildman–Crippen MR) is 69.5 cm³/mol. The molecule has 0 aliphatic carbocycles. The Morgan fingerprint density at radius 1 is 1.53 bits per heavy atom. The average molecular weight is 260 g/mol. The highest BCUT2D eigenvalue weighted by Crippen LogP contribution is 2.16. The summed E-state index contributed by atoms with van der Waals surface area (Å²) >= 11 is 1.78. The van der Waals surface area contributed by atoms with Crippen molar-refractivity contribution in [2.75, 3.05) is 18.6 Å². The first kappa shape index (κ1) is 14.2. The molecule has 0 aromatic carbocycles. The second kappa shape index (κ2) is 6.14. The summed E-state index contributed by atoms with van der Waals surface area (Å²) in [4.78, 5) is 16.4. The Balaban J connectivity index is 2.53. The van der Waals surface area contributed by atoms with E-state index in [0.717, 1.165) is 23.6 Å². The summed E-state index contributed by atoms with van der Waals surface area (Å²) in [5.41, 5.74) is 0.376. The molecule has 0 bridgehead atoms. The maximum absolute atomic E-state index is 11.6. The molecule has 1 fully saturated rings. The van der Waals surface area contributed by atoms with E-state index in [1.807, 2.05) is 20.8 Å². The number of nitrogens with one attached hydrogen (secondary N) is 1. The van der Waals surface area contributed by atoms with E-state index in [9.17, 15) is 4.79 Å². The minimum absolute atomic E-state index is 0.0777. The van der Waals surface area contributed by atoms with Gasteiger partial charge in [-0.25, -0.2) is 4.79 Å². The van der Waals surface area contributed by atoms with Crippen molar-refractivity contribution >= 4 is 23.6 Å². The fourth-order valence-electron chi connectivity index (χ4n) is 1.46. The van der Waals surface area contributed by atoms with Gasteiger partial charge >= 0.3 is 6.09 Å². The summed E-state index contributed by atoms with van der Waals surface area (Å²) in [7, 11) is 1.51. The van der Waals surface area contributed by atoms with Crippen molar-refractivity contribution in [2.45, 2.75) is 38.8 Å². The van der Waals surface area contributed by atoms with Crippen LogP contribution in [0.25, 0.3) is 0 Å². The summed E-state index contributed by atoms with van der Waals surface area (Å²) < 4.78 is 5.21. The highest BCUT2D eigenvalue weighted by Gasteiger charge is 2.25. The van der Waals surface area contributed by atoms with Crippen molar-refractivity contribution in [2.24, 2.45) is 5.16 Å². The molecule has 1 aliphatic rings. The van der Waals surface area contributed by atoms with Crippen molar-refractivity contribution in [1.29, 1.82) is 0 Å². The molecular weight excluding hydrogens is 240 g/mol. The second-order valence-electron chi connectivity index (χ2n) is 4.81. The molecule has 1 amide bonds. The molecule has 98 valence electrons. The topological polar surface area (TPSA) is 59.9 Å². The molecule has 1 saturated heterocycles. The first-order valence-corrected chi connectivity index (χ1v) is 6.75. The maximum atomic E-state index is 11.6. The van der Waals surface area contributed by atoms with Crippen molar-refractivity contribution in [3.8, 4) is 0 Å². The molecular formula is C11H20N2O3S. The largest absolute Gasteiger partial charge is 0.444 e. The first-order valence-electron chi connectivity index (χ1n) is 5.59. The van der Waals surface area contributed by atoms with Crippen LogP contribution in [0.2, 0.25) is 0 Å². The van der Waals surface area contributed by atoms with E-state index < -0.39 is 11.7 Å². The van der Waals surface area contributed by atoms with Crippen LogP contribution in [-0.2, 0) is 9.57 Å². The van der Waals surface area contributed by atoms with Gasteiger partial charge in [0, 0.05) is 5.75 Å². The van der Waals surface area contributed by atoms with E-state index in [4.69, 9.17) is 9.57 Å². The van der Waals surface area contributed by atoms with Gasteiger partial charge in [0.2, 0.25) is 0 Å². The summed E-state index contributed by atoms with van der Waals surface area (Å²) in [6, 6.07) is -0.0777. The fourth-order valence-corrected chi connectivity index (χ4v) is 2.47. The second-order valence-corrected chi connectivity index (χ2v) is 5.91. The molecule has 1 aliphatic heterocycles. The summed E-state index contributed by atoms with van der Waals surface area (Å²) in [6.45, 7) is 5.52. The van der Waals surface area contributed by atoms with Crippen molar-refractivity contribution in [1.82, 2.24) is 5.32 Å². The highest BCUT2D eigenvalue weighted by atomic mass is 32.2. The summed E-state index contributed by atoms with van der Waals surface area (Å²) in [6.07, 6.45) is 0.449. The van der Waals surface area contributed by atoms with Crippen molar-refractivity contribution < 1.29 is 14.4 Å². The van der Waals surface area contributed by atoms with E-state index in [1.165, 1.54) is 7.11 Å². The molecule has 0 aromatic heterocycles. The van der Waals surface area contributed by atoms with Crippen molar-refractivity contribution in [3.63, 3.8) is 0 Å². The summed E-state index contributed by atoms with van der Waals surface area (Å²) in [5.74, 6) is 1.79. The van der Waals surface area contributed by atoms with Gasteiger partial charge in [-0.3, -0.25) is 0 Å². The molecule has 0 spiro atoms. The van der Waals surface area contributed by atoms with E-state index >= 15 is 0 Å². The zero-order valence-corrected chi connectivity index (χ0v) is 11.6. The Hall–Kier alpha value is -0.910. The van der Waals surface area contributed by atoms with Crippen LogP contribution >= 0.6 is 11.8 Å². The number of carbonyl (C=O) groups excluding carboxylic acids is 1. The zero-order valence-electron chi connectivity index (χ0n) is 10.8. The van der Waals surface area contributed by atoms with Crippen LogP contribution in [0.1, 0.15) is 27.2 Å². The number of alkyl carbamates (subject to hydrolysis) is 1. The standard InChI is InChI=1S/C11H20N2O3S/c1-11(2,3)16-10(14)12-8-5-6-17-7-9(8)13-15-4/h8H,5-7H2,1-4H3,(H,12,14)/b13-9+. The predicted octanol–water partition coefficient (Wildman–Crippen LogP) is 2.02. The minimum Gasteiger partial charge on any atom is -0.444 e. The van der Waals surface area contributed by atoms with Gasteiger partial charge < -0.3 is 14.9 Å². The number of oxime groups is 1. The maximum Gasteiger partial charge on any atom is 0.408 e. The number of hydrogen-bond donors (Lipinski definition) is 1. The van der Waals surface area contributed by atoms with Crippen LogP contribution < -0.4 is 5.32 Å². The minimum atomic E-state index is -0.480. The van der Waals surface area contributed by atoms with E-state index in [0.29, 0.717) is 0 Å². The Bertz CT molecular complexity index is 300. The molecule has 1 unspecified atom stereocenters. The molecule has 0 aromatic rings. The zero-order chi connectivity index (χ0) is 12.9. The van der Waals surface area contributed by atoms with E-state index in [1.54, 1.807) is 11.8 Å². The van der Waals surface area contributed by atoms with Gasteiger partial charge in [0.1, 0.15) is 12.7 Å². The Morgan fingerprint density at radius 2 is 2.24 bits per heavy atom. The molecule has 1 atom stereocenters. The third kappa shape index (κ3) is 5.30. The number of carbonyl (C=O) groups is 1. The van der Waals surface area contributed by atoms with Gasteiger partial charge in [-0.15, -0.1) is 0 Å². The third-order valence-electron chi connectivity index (χ3n) is 2.10. The van der Waals surface area contributed by atoms with E-state index in [-0.39, 0.29) is 6.04 Å². The monoisotopic (exact) mass is 260 g/mol. The van der Waals surface area contributed by atoms with Crippen LogP contribution in [-0.4, -0.2) is 42.1 Å². The van der Waals surface area contributed by atoms with E-state index in [2.05, 4.69) is 10.5 Å². The van der Waals surface area contributed by atoms with Crippen LogP contribution in [0.5, 0.6) is 0 Å². The van der Waals surface area contributed by atoms with Gasteiger partial charge in [-0.05, 0) is 32.9 Å².